The van der Waals surface area contributed by atoms with Crippen LogP contribution in [0.2, 0.25) is 0 Å². The molecule has 0 saturated carbocycles. The molecule has 21 heavy (non-hydrogen) atoms. The van der Waals surface area contributed by atoms with E-state index in [1.807, 2.05) is 13.8 Å². The number of rotatable bonds is 4. The molecule has 0 radical (unpaired) electrons. The molecule has 7 heteroatoms. The van der Waals surface area contributed by atoms with Crippen LogP contribution in [0.1, 0.15) is 26.0 Å². The zero-order valence-electron chi connectivity index (χ0n) is 11.6. The summed E-state index contributed by atoms with van der Waals surface area (Å²) in [7, 11) is 0. The molecule has 0 fully saturated rings. The zero-order chi connectivity index (χ0) is 15.6. The number of aryl methyl sites for hydroxylation is 1. The van der Waals surface area contributed by atoms with E-state index in [1.165, 1.54) is 4.68 Å². The minimum absolute atomic E-state index is 0.0644. The first-order valence-electron chi connectivity index (χ1n) is 6.43. The van der Waals surface area contributed by atoms with Gasteiger partial charge in [0, 0.05) is 12.1 Å². The van der Waals surface area contributed by atoms with E-state index in [2.05, 4.69) is 10.3 Å². The lowest BCUT2D eigenvalue weighted by Gasteiger charge is -2.09. The molecular weight excluding hydrogens is 281 g/mol. The van der Waals surface area contributed by atoms with E-state index in [0.29, 0.717) is 12.5 Å². The van der Waals surface area contributed by atoms with Gasteiger partial charge in [0.2, 0.25) is 0 Å². The predicted molar refractivity (Wildman–Crippen MR) is 69.5 cm³/mol. The number of nitrogens with zero attached hydrogens (tertiary/aromatic N) is 4. The highest BCUT2D eigenvalue weighted by Gasteiger charge is 2.22. The Balaban J connectivity index is 2.55. The minimum Gasteiger partial charge on any atom is -0.243 e. The van der Waals surface area contributed by atoms with Crippen LogP contribution in [0.3, 0.4) is 0 Å². The second-order valence-corrected chi connectivity index (χ2v) is 5.03. The third kappa shape index (κ3) is 2.89. The summed E-state index contributed by atoms with van der Waals surface area (Å²) in [6, 6.07) is 3.68. The second-order valence-electron chi connectivity index (χ2n) is 5.03. The van der Waals surface area contributed by atoms with Gasteiger partial charge in [-0.3, -0.25) is 0 Å². The van der Waals surface area contributed by atoms with Crippen molar-refractivity contribution in [3.63, 3.8) is 0 Å². The van der Waals surface area contributed by atoms with Crippen LogP contribution >= 0.6 is 0 Å². The highest BCUT2D eigenvalue weighted by molar-refractivity contribution is 5.65. The Bertz CT molecular complexity index is 701. The highest BCUT2D eigenvalue weighted by Crippen LogP contribution is 2.28. The van der Waals surface area contributed by atoms with Crippen LogP contribution in [-0.2, 0) is 6.54 Å². The highest BCUT2D eigenvalue weighted by atomic mass is 19.2. The van der Waals surface area contributed by atoms with Gasteiger partial charge < -0.3 is 0 Å². The summed E-state index contributed by atoms with van der Waals surface area (Å²) in [6.45, 7) is 4.40. The maximum absolute atomic E-state index is 13.9. The number of hydrogen-bond donors (Lipinski definition) is 0. The Morgan fingerprint density at radius 3 is 2.57 bits per heavy atom. The van der Waals surface area contributed by atoms with E-state index in [1.54, 1.807) is 6.07 Å². The lowest BCUT2D eigenvalue weighted by Crippen LogP contribution is -2.07. The van der Waals surface area contributed by atoms with Gasteiger partial charge in [0.15, 0.2) is 23.1 Å². The molecule has 0 aliphatic carbocycles. The van der Waals surface area contributed by atoms with Crippen LogP contribution in [0, 0.1) is 34.7 Å². The Morgan fingerprint density at radius 1 is 1.24 bits per heavy atom. The van der Waals surface area contributed by atoms with E-state index in [4.69, 9.17) is 5.26 Å². The Morgan fingerprint density at radius 2 is 1.95 bits per heavy atom. The molecule has 0 aliphatic rings. The van der Waals surface area contributed by atoms with Gasteiger partial charge >= 0.3 is 0 Å². The summed E-state index contributed by atoms with van der Waals surface area (Å²) in [5, 5.41) is 16.5. The fourth-order valence-corrected chi connectivity index (χ4v) is 1.90. The van der Waals surface area contributed by atoms with Crippen molar-refractivity contribution < 1.29 is 13.2 Å². The molecule has 0 saturated heterocycles. The molecule has 0 bridgehead atoms. The molecule has 1 aromatic carbocycles. The third-order valence-electron chi connectivity index (χ3n) is 3.05. The van der Waals surface area contributed by atoms with Gasteiger partial charge in [-0.2, -0.15) is 5.26 Å². The third-order valence-corrected chi connectivity index (χ3v) is 3.05. The van der Waals surface area contributed by atoms with Gasteiger partial charge in [-0.05, 0) is 24.5 Å². The van der Waals surface area contributed by atoms with Crippen molar-refractivity contribution in [1.29, 1.82) is 5.26 Å². The normalized spacial score (nSPS) is 10.9. The number of nitriles is 1. The lowest BCUT2D eigenvalue weighted by molar-refractivity contribution is 0.446. The van der Waals surface area contributed by atoms with Crippen molar-refractivity contribution in [1.82, 2.24) is 15.0 Å². The summed E-state index contributed by atoms with van der Waals surface area (Å²) < 4.78 is 41.7. The zero-order valence-corrected chi connectivity index (χ0v) is 11.6. The number of benzene rings is 1. The molecule has 4 nitrogen and oxygen atoms in total. The molecule has 1 heterocycles. The van der Waals surface area contributed by atoms with Crippen LogP contribution in [0.15, 0.2) is 12.1 Å². The number of aromatic nitrogens is 3. The first-order chi connectivity index (χ1) is 9.95. The molecule has 110 valence electrons. The topological polar surface area (TPSA) is 54.5 Å². The van der Waals surface area contributed by atoms with E-state index < -0.39 is 17.5 Å². The van der Waals surface area contributed by atoms with Crippen molar-refractivity contribution >= 4 is 0 Å². The largest absolute Gasteiger partial charge is 0.243 e. The molecule has 0 aliphatic heterocycles. The van der Waals surface area contributed by atoms with Crippen LogP contribution in [0.5, 0.6) is 0 Å². The van der Waals surface area contributed by atoms with Gasteiger partial charge in [0.25, 0.3) is 0 Å². The van der Waals surface area contributed by atoms with Crippen molar-refractivity contribution in [2.24, 2.45) is 5.92 Å². The fourth-order valence-electron chi connectivity index (χ4n) is 1.90. The number of hydrogen-bond acceptors (Lipinski definition) is 3. The summed E-state index contributed by atoms with van der Waals surface area (Å²) in [5.41, 5.74) is -0.280. The second kappa shape index (κ2) is 5.95. The van der Waals surface area contributed by atoms with Crippen molar-refractivity contribution in [2.45, 2.75) is 26.8 Å². The standard InChI is InChI=1S/C14H13F3N4/c1-8(2)5-6-21-14(11(7-18)19-20-21)9-3-4-10(15)13(17)12(9)16/h3-4,8H,5-6H2,1-2H3. The van der Waals surface area contributed by atoms with E-state index in [0.717, 1.165) is 18.6 Å². The SMILES string of the molecule is CC(C)CCn1nnc(C#N)c1-c1ccc(F)c(F)c1F. The van der Waals surface area contributed by atoms with Crippen LogP contribution in [0.4, 0.5) is 13.2 Å². The van der Waals surface area contributed by atoms with E-state index in [-0.39, 0.29) is 17.0 Å². The molecule has 2 aromatic rings. The van der Waals surface area contributed by atoms with Crippen LogP contribution < -0.4 is 0 Å². The monoisotopic (exact) mass is 294 g/mol. The fraction of sp³-hybridized carbons (Fsp3) is 0.357. The average molecular weight is 294 g/mol. The van der Waals surface area contributed by atoms with E-state index in [9.17, 15) is 13.2 Å². The van der Waals surface area contributed by atoms with Crippen molar-refractivity contribution in [3.05, 3.63) is 35.3 Å². The van der Waals surface area contributed by atoms with Gasteiger partial charge in [-0.25, -0.2) is 17.9 Å². The molecule has 0 unspecified atom stereocenters. The molecule has 0 amide bonds. The minimum atomic E-state index is -1.58. The lowest BCUT2D eigenvalue weighted by atomic mass is 10.1. The summed E-state index contributed by atoms with van der Waals surface area (Å²) in [6.07, 6.45) is 0.729. The van der Waals surface area contributed by atoms with Crippen LogP contribution in [0.25, 0.3) is 11.3 Å². The maximum Gasteiger partial charge on any atom is 0.195 e. The predicted octanol–water partition coefficient (Wildman–Crippen LogP) is 3.28. The molecule has 0 atom stereocenters. The first-order valence-corrected chi connectivity index (χ1v) is 6.43. The molecule has 0 spiro atoms. The Kier molecular flexibility index (Phi) is 4.26. The summed E-state index contributed by atoms with van der Waals surface area (Å²) >= 11 is 0. The summed E-state index contributed by atoms with van der Waals surface area (Å²) in [4.78, 5) is 0. The Hall–Kier alpha value is -2.36. The maximum atomic E-state index is 13.9. The van der Waals surface area contributed by atoms with Gasteiger partial charge in [-0.1, -0.05) is 19.1 Å². The summed E-state index contributed by atoms with van der Waals surface area (Å²) in [5.74, 6) is -3.84. The molecule has 2 rings (SSSR count). The molecule has 1 aromatic heterocycles. The Labute approximate surface area is 119 Å². The smallest absolute Gasteiger partial charge is 0.195 e. The molecular formula is C14H13F3N4. The van der Waals surface area contributed by atoms with Gasteiger partial charge in [-0.15, -0.1) is 5.10 Å². The van der Waals surface area contributed by atoms with Crippen molar-refractivity contribution in [3.8, 4) is 17.3 Å². The average Bonchev–Trinajstić information content (AvgIpc) is 2.85. The quantitative estimate of drug-likeness (QED) is 0.813. The first kappa shape index (κ1) is 15.0. The van der Waals surface area contributed by atoms with Gasteiger partial charge in [0.1, 0.15) is 11.8 Å². The van der Waals surface area contributed by atoms with Crippen molar-refractivity contribution in [2.75, 3.05) is 0 Å². The number of halogens is 3. The van der Waals surface area contributed by atoms with Crippen LogP contribution in [-0.4, -0.2) is 15.0 Å². The van der Waals surface area contributed by atoms with Gasteiger partial charge in [0.05, 0.1) is 0 Å². The molecule has 0 N–H and O–H groups in total. The van der Waals surface area contributed by atoms with E-state index >= 15 is 0 Å².